The quantitative estimate of drug-likeness (QED) is 0.639. The van der Waals surface area contributed by atoms with E-state index < -0.39 is 23.8 Å². The molecule has 0 bridgehead atoms. The van der Waals surface area contributed by atoms with E-state index >= 15 is 0 Å². The molecule has 3 aromatic rings. The molecule has 0 fully saturated rings. The molecule has 3 rings (SSSR count). The third-order valence-electron chi connectivity index (χ3n) is 3.61. The molecule has 0 amide bonds. The van der Waals surface area contributed by atoms with Crippen LogP contribution >= 0.6 is 11.6 Å². The molecule has 0 saturated heterocycles. The molecule has 0 aliphatic heterocycles. The highest BCUT2D eigenvalue weighted by molar-refractivity contribution is 6.32. The van der Waals surface area contributed by atoms with Crippen LogP contribution in [0.5, 0.6) is 0 Å². The van der Waals surface area contributed by atoms with E-state index in [2.05, 4.69) is 20.4 Å². The minimum Gasteiger partial charge on any atom is -0.375 e. The lowest BCUT2D eigenvalue weighted by Gasteiger charge is -2.11. The van der Waals surface area contributed by atoms with Gasteiger partial charge in [-0.1, -0.05) is 11.6 Å². The summed E-state index contributed by atoms with van der Waals surface area (Å²) in [4.78, 5) is 19.7. The predicted molar refractivity (Wildman–Crippen MR) is 88.4 cm³/mol. The van der Waals surface area contributed by atoms with Crippen LogP contribution in [0.1, 0.15) is 17.9 Å². The number of halogens is 6. The summed E-state index contributed by atoms with van der Waals surface area (Å²) in [5.74, 6) is -0.167. The molecule has 13 heteroatoms. The maximum Gasteiger partial charge on any atom is 0.417 e. The number of alkyl halides is 5. The SMILES string of the molecule is O=c1c(Cl)c(NCc2nccn2C(F)F)cnn1-c1ccc(C(F)(F)F)cn1. The largest absolute Gasteiger partial charge is 0.417 e. The molecule has 28 heavy (non-hydrogen) atoms. The van der Waals surface area contributed by atoms with Crippen LogP contribution in [0.3, 0.4) is 0 Å². The summed E-state index contributed by atoms with van der Waals surface area (Å²) in [6.45, 7) is -2.95. The van der Waals surface area contributed by atoms with Crippen molar-refractivity contribution in [2.45, 2.75) is 19.3 Å². The van der Waals surface area contributed by atoms with Crippen molar-refractivity contribution < 1.29 is 22.0 Å². The van der Waals surface area contributed by atoms with Gasteiger partial charge >= 0.3 is 12.7 Å². The minimum atomic E-state index is -4.57. The Hall–Kier alpha value is -3.02. The molecule has 0 radical (unpaired) electrons. The lowest BCUT2D eigenvalue weighted by atomic mass is 10.3. The van der Waals surface area contributed by atoms with Gasteiger partial charge in [-0.3, -0.25) is 9.36 Å². The number of nitrogens with zero attached hydrogens (tertiary/aromatic N) is 5. The van der Waals surface area contributed by atoms with Crippen LogP contribution in [0.15, 0.2) is 41.7 Å². The molecule has 0 aliphatic rings. The third kappa shape index (κ3) is 3.96. The van der Waals surface area contributed by atoms with E-state index in [1.54, 1.807) is 0 Å². The number of rotatable bonds is 5. The number of anilines is 1. The summed E-state index contributed by atoms with van der Waals surface area (Å²) < 4.78 is 64.7. The van der Waals surface area contributed by atoms with E-state index in [1.165, 1.54) is 6.20 Å². The van der Waals surface area contributed by atoms with E-state index in [1.807, 2.05) is 0 Å². The van der Waals surface area contributed by atoms with E-state index in [0.717, 1.165) is 24.5 Å². The van der Waals surface area contributed by atoms with Gasteiger partial charge in [-0.25, -0.2) is 9.97 Å². The number of hydrogen-bond acceptors (Lipinski definition) is 5. The minimum absolute atomic E-state index is 0.000323. The highest BCUT2D eigenvalue weighted by Gasteiger charge is 2.30. The third-order valence-corrected chi connectivity index (χ3v) is 3.97. The van der Waals surface area contributed by atoms with Crippen LogP contribution in [-0.2, 0) is 12.7 Å². The maximum absolute atomic E-state index is 12.8. The maximum atomic E-state index is 12.8. The molecule has 0 saturated carbocycles. The molecule has 0 atom stereocenters. The van der Waals surface area contributed by atoms with Gasteiger partial charge in [0.25, 0.3) is 5.56 Å². The van der Waals surface area contributed by atoms with Crippen molar-refractivity contribution in [1.29, 1.82) is 0 Å². The lowest BCUT2D eigenvalue weighted by Crippen LogP contribution is -2.24. The van der Waals surface area contributed by atoms with E-state index in [9.17, 15) is 26.7 Å². The number of nitrogens with one attached hydrogen (secondary N) is 1. The summed E-state index contributed by atoms with van der Waals surface area (Å²) in [7, 11) is 0. The molecular formula is C15H10ClF5N6O. The molecule has 0 unspecified atom stereocenters. The monoisotopic (exact) mass is 420 g/mol. The van der Waals surface area contributed by atoms with Crippen LogP contribution in [0.2, 0.25) is 5.02 Å². The first-order valence-electron chi connectivity index (χ1n) is 7.53. The van der Waals surface area contributed by atoms with Crippen molar-refractivity contribution in [1.82, 2.24) is 24.3 Å². The van der Waals surface area contributed by atoms with Gasteiger partial charge in [0.2, 0.25) is 0 Å². The molecule has 3 aromatic heterocycles. The van der Waals surface area contributed by atoms with Crippen LogP contribution < -0.4 is 10.9 Å². The van der Waals surface area contributed by atoms with E-state index in [0.29, 0.717) is 15.4 Å². The Morgan fingerprint density at radius 3 is 2.54 bits per heavy atom. The van der Waals surface area contributed by atoms with Gasteiger partial charge in [0.05, 0.1) is 24.0 Å². The van der Waals surface area contributed by atoms with Crippen LogP contribution in [-0.4, -0.2) is 24.3 Å². The Morgan fingerprint density at radius 2 is 1.93 bits per heavy atom. The predicted octanol–water partition coefficient (Wildman–Crippen LogP) is 3.50. The Kier molecular flexibility index (Phi) is 5.31. The van der Waals surface area contributed by atoms with Crippen molar-refractivity contribution in [3.63, 3.8) is 0 Å². The fourth-order valence-electron chi connectivity index (χ4n) is 2.23. The fraction of sp³-hybridized carbons (Fsp3) is 0.200. The van der Waals surface area contributed by atoms with Crippen LogP contribution in [0.25, 0.3) is 5.82 Å². The van der Waals surface area contributed by atoms with Crippen molar-refractivity contribution in [3.05, 3.63) is 63.7 Å². The van der Waals surface area contributed by atoms with Crippen molar-refractivity contribution in [2.24, 2.45) is 0 Å². The van der Waals surface area contributed by atoms with Crippen molar-refractivity contribution in [2.75, 3.05) is 5.32 Å². The van der Waals surface area contributed by atoms with Gasteiger partial charge < -0.3 is 5.32 Å². The Balaban J connectivity index is 1.83. The normalized spacial score (nSPS) is 11.8. The van der Waals surface area contributed by atoms with E-state index in [4.69, 9.17) is 11.6 Å². The van der Waals surface area contributed by atoms with Gasteiger partial charge in [0.1, 0.15) is 10.8 Å². The van der Waals surface area contributed by atoms with Crippen LogP contribution in [0.4, 0.5) is 27.6 Å². The van der Waals surface area contributed by atoms with Gasteiger partial charge in [0, 0.05) is 18.6 Å². The Morgan fingerprint density at radius 1 is 1.18 bits per heavy atom. The summed E-state index contributed by atoms with van der Waals surface area (Å²) >= 11 is 5.98. The van der Waals surface area contributed by atoms with Crippen molar-refractivity contribution >= 4 is 17.3 Å². The zero-order valence-electron chi connectivity index (χ0n) is 13.7. The first kappa shape index (κ1) is 19.7. The zero-order valence-corrected chi connectivity index (χ0v) is 14.4. The van der Waals surface area contributed by atoms with Gasteiger partial charge in [-0.15, -0.1) is 0 Å². The molecule has 148 valence electrons. The average molecular weight is 421 g/mol. The number of imidazole rings is 1. The fourth-order valence-corrected chi connectivity index (χ4v) is 2.43. The molecular weight excluding hydrogens is 411 g/mol. The zero-order chi connectivity index (χ0) is 20.5. The number of aromatic nitrogens is 5. The highest BCUT2D eigenvalue weighted by Crippen LogP contribution is 2.28. The molecule has 3 heterocycles. The van der Waals surface area contributed by atoms with Crippen LogP contribution in [0, 0.1) is 0 Å². The summed E-state index contributed by atoms with van der Waals surface area (Å²) in [5.41, 5.74) is -1.79. The molecule has 0 aromatic carbocycles. The Labute approximate surface area is 158 Å². The second-order valence-electron chi connectivity index (χ2n) is 5.37. The summed E-state index contributed by atoms with van der Waals surface area (Å²) in [6, 6.07) is 1.72. The van der Waals surface area contributed by atoms with Crippen molar-refractivity contribution in [3.8, 4) is 5.82 Å². The topological polar surface area (TPSA) is 77.6 Å². The summed E-state index contributed by atoms with van der Waals surface area (Å²) in [5, 5.41) is 6.12. The Bertz CT molecular complexity index is 1030. The molecule has 0 spiro atoms. The molecule has 0 aliphatic carbocycles. The van der Waals surface area contributed by atoms with E-state index in [-0.39, 0.29) is 28.9 Å². The number of pyridine rings is 1. The second kappa shape index (κ2) is 7.54. The lowest BCUT2D eigenvalue weighted by molar-refractivity contribution is -0.137. The summed E-state index contributed by atoms with van der Waals surface area (Å²) in [6.07, 6.45) is -0.598. The van der Waals surface area contributed by atoms with Gasteiger partial charge in [-0.05, 0) is 12.1 Å². The van der Waals surface area contributed by atoms with Gasteiger partial charge in [0.15, 0.2) is 5.82 Å². The standard InChI is InChI=1S/C15H10ClF5N6O/c16-12-9(23-7-11-22-3-4-26(11)14(17)18)6-25-27(13(12)28)10-2-1-8(5-24-10)15(19,20)21/h1-6,14,23H,7H2. The second-order valence-corrected chi connectivity index (χ2v) is 5.75. The molecule has 1 N–H and O–H groups in total. The smallest absolute Gasteiger partial charge is 0.375 e. The van der Waals surface area contributed by atoms with Gasteiger partial charge in [-0.2, -0.15) is 31.7 Å². The average Bonchev–Trinajstić information content (AvgIpc) is 3.11. The molecule has 7 nitrogen and oxygen atoms in total. The number of hydrogen-bond donors (Lipinski definition) is 1. The highest BCUT2D eigenvalue weighted by atomic mass is 35.5. The first-order chi connectivity index (χ1) is 13.2. The first-order valence-corrected chi connectivity index (χ1v) is 7.91.